The maximum atomic E-state index is 13.3. The van der Waals surface area contributed by atoms with Gasteiger partial charge in [0.1, 0.15) is 11.1 Å². The summed E-state index contributed by atoms with van der Waals surface area (Å²) in [5, 5.41) is 3.17. The van der Waals surface area contributed by atoms with Crippen molar-refractivity contribution in [1.82, 2.24) is 4.90 Å². The number of thioether (sulfide) groups is 1. The Morgan fingerprint density at radius 3 is 2.71 bits per heavy atom. The summed E-state index contributed by atoms with van der Waals surface area (Å²) in [5.41, 5.74) is 1.90. The Hall–Kier alpha value is -2.09. The molecule has 146 valence electrons. The van der Waals surface area contributed by atoms with Crippen LogP contribution in [-0.2, 0) is 9.59 Å². The second-order valence-electron chi connectivity index (χ2n) is 6.21. The monoisotopic (exact) mass is 439 g/mol. The van der Waals surface area contributed by atoms with E-state index in [-0.39, 0.29) is 23.3 Å². The summed E-state index contributed by atoms with van der Waals surface area (Å²) in [6, 6.07) is 9.21. The Balaban J connectivity index is 1.69. The standard InChI is InChI=1S/C19H16Cl2FN3O2S/c1-10-7-11(20)3-6-15(10)24-17(26)9-16-18(27)25(2)19(28-16)23-12-4-5-14(22)13(21)8-12/h3-8,16H,9H2,1-2H3,(H,24,26). The highest BCUT2D eigenvalue weighted by Crippen LogP contribution is 2.32. The van der Waals surface area contributed by atoms with E-state index < -0.39 is 11.1 Å². The molecule has 0 spiro atoms. The van der Waals surface area contributed by atoms with Crippen LogP contribution < -0.4 is 5.32 Å². The lowest BCUT2D eigenvalue weighted by Gasteiger charge is -2.11. The molecule has 2 amide bonds. The lowest BCUT2D eigenvalue weighted by Crippen LogP contribution is -2.30. The second kappa shape index (κ2) is 8.51. The van der Waals surface area contributed by atoms with Gasteiger partial charge in [-0.1, -0.05) is 35.0 Å². The van der Waals surface area contributed by atoms with Gasteiger partial charge in [0.2, 0.25) is 11.8 Å². The maximum Gasteiger partial charge on any atom is 0.242 e. The summed E-state index contributed by atoms with van der Waals surface area (Å²) in [7, 11) is 1.58. The minimum Gasteiger partial charge on any atom is -0.326 e. The fraction of sp³-hybridized carbons (Fsp3) is 0.211. The number of aryl methyl sites for hydroxylation is 1. The number of carbonyl (C=O) groups is 2. The molecule has 0 bridgehead atoms. The van der Waals surface area contributed by atoms with Gasteiger partial charge in [0.25, 0.3) is 0 Å². The number of amides is 2. The number of rotatable bonds is 4. The molecule has 1 atom stereocenters. The van der Waals surface area contributed by atoms with E-state index in [1.54, 1.807) is 25.2 Å². The van der Waals surface area contributed by atoms with Crippen molar-refractivity contribution >= 4 is 63.3 Å². The van der Waals surface area contributed by atoms with E-state index >= 15 is 0 Å². The van der Waals surface area contributed by atoms with Crippen LogP contribution in [0.2, 0.25) is 10.0 Å². The molecule has 28 heavy (non-hydrogen) atoms. The lowest BCUT2D eigenvalue weighted by molar-refractivity contribution is -0.127. The Kier molecular flexibility index (Phi) is 6.27. The number of hydrogen-bond donors (Lipinski definition) is 1. The van der Waals surface area contributed by atoms with E-state index in [0.717, 1.165) is 5.56 Å². The molecule has 1 N–H and O–H groups in total. The molecule has 0 aliphatic carbocycles. The van der Waals surface area contributed by atoms with E-state index in [4.69, 9.17) is 23.2 Å². The largest absolute Gasteiger partial charge is 0.326 e. The molecular weight excluding hydrogens is 424 g/mol. The number of anilines is 1. The molecule has 2 aromatic rings. The molecule has 1 saturated heterocycles. The fourth-order valence-corrected chi connectivity index (χ4v) is 4.16. The van der Waals surface area contributed by atoms with Crippen molar-refractivity contribution in [3.63, 3.8) is 0 Å². The predicted octanol–water partition coefficient (Wildman–Crippen LogP) is 5.03. The summed E-state index contributed by atoms with van der Waals surface area (Å²) in [4.78, 5) is 30.6. The molecular formula is C19H16Cl2FN3O2S. The van der Waals surface area contributed by atoms with Gasteiger partial charge in [0, 0.05) is 24.2 Å². The van der Waals surface area contributed by atoms with E-state index in [2.05, 4.69) is 10.3 Å². The fourth-order valence-electron chi connectivity index (χ4n) is 2.60. The first-order chi connectivity index (χ1) is 13.2. The van der Waals surface area contributed by atoms with E-state index in [1.807, 2.05) is 6.92 Å². The zero-order valence-corrected chi connectivity index (χ0v) is 17.3. The highest BCUT2D eigenvalue weighted by molar-refractivity contribution is 8.15. The van der Waals surface area contributed by atoms with Gasteiger partial charge >= 0.3 is 0 Å². The molecule has 1 aliphatic rings. The smallest absolute Gasteiger partial charge is 0.242 e. The van der Waals surface area contributed by atoms with Crippen molar-refractivity contribution in [2.45, 2.75) is 18.6 Å². The van der Waals surface area contributed by atoms with Gasteiger partial charge in [0.15, 0.2) is 5.17 Å². The number of halogens is 3. The normalized spacial score (nSPS) is 18.0. The van der Waals surface area contributed by atoms with Crippen LogP contribution >= 0.6 is 35.0 Å². The molecule has 1 fully saturated rings. The summed E-state index contributed by atoms with van der Waals surface area (Å²) < 4.78 is 13.3. The average Bonchev–Trinajstić information content (AvgIpc) is 2.88. The highest BCUT2D eigenvalue weighted by Gasteiger charge is 2.37. The van der Waals surface area contributed by atoms with Crippen LogP contribution in [0.4, 0.5) is 15.8 Å². The number of carbonyl (C=O) groups excluding carboxylic acids is 2. The predicted molar refractivity (Wildman–Crippen MR) is 112 cm³/mol. The molecule has 1 aliphatic heterocycles. The first-order valence-electron chi connectivity index (χ1n) is 8.28. The molecule has 9 heteroatoms. The van der Waals surface area contributed by atoms with Crippen LogP contribution in [0.3, 0.4) is 0 Å². The van der Waals surface area contributed by atoms with Crippen LogP contribution in [0, 0.1) is 12.7 Å². The first-order valence-corrected chi connectivity index (χ1v) is 9.92. The van der Waals surface area contributed by atoms with Crippen molar-refractivity contribution in [3.8, 4) is 0 Å². The minimum atomic E-state index is -0.590. The zero-order chi connectivity index (χ0) is 20.4. The van der Waals surface area contributed by atoms with Gasteiger partial charge in [-0.3, -0.25) is 14.5 Å². The Morgan fingerprint density at radius 1 is 1.29 bits per heavy atom. The third kappa shape index (κ3) is 4.66. The second-order valence-corrected chi connectivity index (χ2v) is 8.22. The van der Waals surface area contributed by atoms with Gasteiger partial charge in [-0.2, -0.15) is 0 Å². The van der Waals surface area contributed by atoms with Gasteiger partial charge < -0.3 is 5.32 Å². The van der Waals surface area contributed by atoms with Gasteiger partial charge in [-0.25, -0.2) is 9.38 Å². The highest BCUT2D eigenvalue weighted by atomic mass is 35.5. The molecule has 1 unspecified atom stereocenters. The van der Waals surface area contributed by atoms with Crippen molar-refractivity contribution in [2.24, 2.45) is 4.99 Å². The third-order valence-electron chi connectivity index (χ3n) is 4.10. The minimum absolute atomic E-state index is 0.000892. The molecule has 0 radical (unpaired) electrons. The van der Waals surface area contributed by atoms with Crippen LogP contribution in [0.5, 0.6) is 0 Å². The molecule has 1 heterocycles. The topological polar surface area (TPSA) is 61.8 Å². The summed E-state index contributed by atoms with van der Waals surface area (Å²) >= 11 is 12.9. The molecule has 0 aromatic heterocycles. The van der Waals surface area contributed by atoms with Crippen LogP contribution in [-0.4, -0.2) is 34.2 Å². The summed E-state index contributed by atoms with van der Waals surface area (Å²) in [5.74, 6) is -1.04. The number of aliphatic imine (C=N–C) groups is 1. The number of amidine groups is 1. The number of nitrogens with one attached hydrogen (secondary N) is 1. The Bertz CT molecular complexity index is 984. The third-order valence-corrected chi connectivity index (χ3v) is 5.86. The van der Waals surface area contributed by atoms with E-state index in [1.165, 1.54) is 34.9 Å². The number of benzene rings is 2. The zero-order valence-electron chi connectivity index (χ0n) is 15.0. The SMILES string of the molecule is Cc1cc(Cl)ccc1NC(=O)CC1SC(=Nc2ccc(F)c(Cl)c2)N(C)C1=O. The quantitative estimate of drug-likeness (QED) is 0.726. The van der Waals surface area contributed by atoms with Crippen LogP contribution in [0.1, 0.15) is 12.0 Å². The van der Waals surface area contributed by atoms with Crippen LogP contribution in [0.15, 0.2) is 41.4 Å². The van der Waals surface area contributed by atoms with Crippen molar-refractivity contribution in [3.05, 3.63) is 57.8 Å². The van der Waals surface area contributed by atoms with Crippen molar-refractivity contribution in [1.29, 1.82) is 0 Å². The van der Waals surface area contributed by atoms with E-state index in [9.17, 15) is 14.0 Å². The van der Waals surface area contributed by atoms with Gasteiger partial charge in [0.05, 0.1) is 10.7 Å². The van der Waals surface area contributed by atoms with Crippen LogP contribution in [0.25, 0.3) is 0 Å². The molecule has 5 nitrogen and oxygen atoms in total. The Morgan fingerprint density at radius 2 is 2.04 bits per heavy atom. The maximum absolute atomic E-state index is 13.3. The Labute approximate surface area is 175 Å². The molecule has 3 rings (SSSR count). The summed E-state index contributed by atoms with van der Waals surface area (Å²) in [6.07, 6.45) is -0.000892. The first kappa shape index (κ1) is 20.6. The number of nitrogens with zero attached hydrogens (tertiary/aromatic N) is 2. The molecule has 2 aromatic carbocycles. The number of hydrogen-bond acceptors (Lipinski definition) is 4. The van der Waals surface area contributed by atoms with E-state index in [0.29, 0.717) is 21.6 Å². The van der Waals surface area contributed by atoms with Gasteiger partial charge in [-0.05, 0) is 48.9 Å². The average molecular weight is 440 g/mol. The van der Waals surface area contributed by atoms with Crippen molar-refractivity contribution in [2.75, 3.05) is 12.4 Å². The van der Waals surface area contributed by atoms with Crippen molar-refractivity contribution < 1.29 is 14.0 Å². The van der Waals surface area contributed by atoms with Gasteiger partial charge in [-0.15, -0.1) is 0 Å². The summed E-state index contributed by atoms with van der Waals surface area (Å²) in [6.45, 7) is 1.84. The molecule has 0 saturated carbocycles. The lowest BCUT2D eigenvalue weighted by atomic mass is 10.2.